The molecule has 134 valence electrons. The first-order valence-electron chi connectivity index (χ1n) is 8.91. The van der Waals surface area contributed by atoms with Gasteiger partial charge in [0.15, 0.2) is 0 Å². The molecule has 1 heterocycles. The highest BCUT2D eigenvalue weighted by atomic mass is 19.1. The van der Waals surface area contributed by atoms with Crippen LogP contribution < -0.4 is 9.47 Å². The molecule has 0 unspecified atom stereocenters. The predicted molar refractivity (Wildman–Crippen MR) is 102 cm³/mol. The maximum absolute atomic E-state index is 13.8. The van der Waals surface area contributed by atoms with Crippen molar-refractivity contribution in [2.24, 2.45) is 0 Å². The van der Waals surface area contributed by atoms with Crippen LogP contribution in [0.2, 0.25) is 0 Å². The molecule has 0 saturated carbocycles. The van der Waals surface area contributed by atoms with E-state index in [0.717, 1.165) is 50.6 Å². The molecule has 4 aromatic carbocycles. The fraction of sp³-hybridized carbons (Fsp3) is 0.130. The van der Waals surface area contributed by atoms with E-state index in [1.807, 2.05) is 24.3 Å². The van der Waals surface area contributed by atoms with Crippen LogP contribution in [-0.4, -0.2) is 13.2 Å². The van der Waals surface area contributed by atoms with Crippen molar-refractivity contribution in [3.63, 3.8) is 0 Å². The lowest BCUT2D eigenvalue weighted by atomic mass is 9.92. The van der Waals surface area contributed by atoms with E-state index < -0.39 is 0 Å². The van der Waals surface area contributed by atoms with E-state index in [1.165, 1.54) is 24.3 Å². The number of benzene rings is 4. The molecule has 0 atom stereocenters. The van der Waals surface area contributed by atoms with Crippen LogP contribution in [-0.2, 0) is 0 Å². The molecule has 0 radical (unpaired) electrons. The standard InChI is InChI=1S/C23H16F2O2/c24-16-4-6-18-14(12-16)2-8-20-22(18)23-19-7-5-17(25)13-15(19)3-9-21(23)27-11-1-10-26-20/h2-9,12-13H,1,10-11H2. The average molecular weight is 362 g/mol. The van der Waals surface area contributed by atoms with Crippen molar-refractivity contribution in [2.75, 3.05) is 13.2 Å². The van der Waals surface area contributed by atoms with E-state index in [1.54, 1.807) is 12.1 Å². The van der Waals surface area contributed by atoms with Crippen molar-refractivity contribution in [1.29, 1.82) is 0 Å². The minimum absolute atomic E-state index is 0.289. The van der Waals surface area contributed by atoms with Gasteiger partial charge >= 0.3 is 0 Å². The highest BCUT2D eigenvalue weighted by Gasteiger charge is 2.20. The Labute approximate surface area is 154 Å². The SMILES string of the molecule is Fc1ccc2c3c(ccc2c1)OCCCOc1ccc2cc(F)ccc2c1-3. The Kier molecular flexibility index (Phi) is 3.71. The fourth-order valence-corrected chi connectivity index (χ4v) is 3.74. The maximum Gasteiger partial charge on any atom is 0.127 e. The molecular formula is C23H16F2O2. The van der Waals surface area contributed by atoms with Gasteiger partial charge in [-0.3, -0.25) is 0 Å². The second-order valence-corrected chi connectivity index (χ2v) is 6.66. The molecule has 0 saturated heterocycles. The number of rotatable bonds is 0. The van der Waals surface area contributed by atoms with Crippen molar-refractivity contribution in [1.82, 2.24) is 0 Å². The van der Waals surface area contributed by atoms with Gasteiger partial charge in [0.2, 0.25) is 0 Å². The van der Waals surface area contributed by atoms with Crippen LogP contribution in [0.3, 0.4) is 0 Å². The van der Waals surface area contributed by atoms with Gasteiger partial charge in [0, 0.05) is 17.5 Å². The normalized spacial score (nSPS) is 13.7. The summed E-state index contributed by atoms with van der Waals surface area (Å²) in [5.74, 6) is 0.862. The highest BCUT2D eigenvalue weighted by Crippen LogP contribution is 2.46. The molecule has 0 spiro atoms. The number of hydrogen-bond acceptors (Lipinski definition) is 2. The van der Waals surface area contributed by atoms with Crippen molar-refractivity contribution < 1.29 is 18.3 Å². The summed E-state index contributed by atoms with van der Waals surface area (Å²) in [5.41, 5.74) is 1.70. The lowest BCUT2D eigenvalue weighted by molar-refractivity contribution is 0.252. The van der Waals surface area contributed by atoms with E-state index in [9.17, 15) is 8.78 Å². The maximum atomic E-state index is 13.8. The van der Waals surface area contributed by atoms with Crippen LogP contribution in [0, 0.1) is 11.6 Å². The van der Waals surface area contributed by atoms with Gasteiger partial charge in [0.1, 0.15) is 23.1 Å². The molecular weight excluding hydrogens is 346 g/mol. The Morgan fingerprint density at radius 1 is 0.593 bits per heavy atom. The lowest BCUT2D eigenvalue weighted by Crippen LogP contribution is -2.03. The quantitative estimate of drug-likeness (QED) is 0.376. The second kappa shape index (κ2) is 6.23. The van der Waals surface area contributed by atoms with Gasteiger partial charge in [-0.1, -0.05) is 24.3 Å². The minimum Gasteiger partial charge on any atom is -0.493 e. The molecule has 0 aliphatic carbocycles. The van der Waals surface area contributed by atoms with E-state index in [4.69, 9.17) is 9.47 Å². The second-order valence-electron chi connectivity index (χ2n) is 6.66. The Balaban J connectivity index is 1.94. The summed E-state index contributed by atoms with van der Waals surface area (Å²) in [6.07, 6.45) is 0.752. The van der Waals surface area contributed by atoms with Gasteiger partial charge in [-0.15, -0.1) is 0 Å². The monoisotopic (exact) mass is 362 g/mol. The van der Waals surface area contributed by atoms with Gasteiger partial charge in [0.05, 0.1) is 13.2 Å². The zero-order chi connectivity index (χ0) is 18.4. The zero-order valence-electron chi connectivity index (χ0n) is 14.5. The molecule has 1 aliphatic heterocycles. The summed E-state index contributed by atoms with van der Waals surface area (Å²) in [5, 5.41) is 3.30. The molecule has 0 bridgehead atoms. The smallest absolute Gasteiger partial charge is 0.127 e. The zero-order valence-corrected chi connectivity index (χ0v) is 14.5. The van der Waals surface area contributed by atoms with Crippen molar-refractivity contribution in [3.8, 4) is 22.6 Å². The molecule has 0 fully saturated rings. The Morgan fingerprint density at radius 2 is 1.07 bits per heavy atom. The van der Waals surface area contributed by atoms with Gasteiger partial charge in [-0.05, 0) is 57.9 Å². The third-order valence-corrected chi connectivity index (χ3v) is 4.94. The van der Waals surface area contributed by atoms with E-state index in [2.05, 4.69) is 0 Å². The summed E-state index contributed by atoms with van der Waals surface area (Å²) in [6, 6.07) is 16.9. The van der Waals surface area contributed by atoms with Crippen molar-refractivity contribution in [2.45, 2.75) is 6.42 Å². The van der Waals surface area contributed by atoms with Crippen LogP contribution >= 0.6 is 0 Å². The molecule has 2 nitrogen and oxygen atoms in total. The first-order chi connectivity index (χ1) is 13.2. The highest BCUT2D eigenvalue weighted by molar-refractivity contribution is 6.09. The Morgan fingerprint density at radius 3 is 1.56 bits per heavy atom. The molecule has 0 N–H and O–H groups in total. The Hall–Kier alpha value is -3.14. The average Bonchev–Trinajstić information content (AvgIpc) is 2.76. The van der Waals surface area contributed by atoms with Crippen LogP contribution in [0.4, 0.5) is 8.78 Å². The third kappa shape index (κ3) is 2.69. The summed E-state index contributed by atoms with van der Waals surface area (Å²) < 4.78 is 39.6. The van der Waals surface area contributed by atoms with E-state index in [-0.39, 0.29) is 11.6 Å². The first-order valence-corrected chi connectivity index (χ1v) is 8.91. The van der Waals surface area contributed by atoms with Gasteiger partial charge in [-0.2, -0.15) is 0 Å². The molecule has 0 aromatic heterocycles. The predicted octanol–water partition coefficient (Wildman–Crippen LogP) is 6.10. The largest absolute Gasteiger partial charge is 0.493 e. The van der Waals surface area contributed by atoms with Crippen molar-refractivity contribution in [3.05, 3.63) is 72.3 Å². The van der Waals surface area contributed by atoms with Crippen LogP contribution in [0.25, 0.3) is 32.7 Å². The molecule has 0 amide bonds. The van der Waals surface area contributed by atoms with E-state index in [0.29, 0.717) is 13.2 Å². The van der Waals surface area contributed by atoms with Crippen LogP contribution in [0.5, 0.6) is 11.5 Å². The summed E-state index contributed by atoms with van der Waals surface area (Å²) in [7, 11) is 0. The number of hydrogen-bond donors (Lipinski definition) is 0. The third-order valence-electron chi connectivity index (χ3n) is 4.94. The summed E-state index contributed by atoms with van der Waals surface area (Å²) in [6.45, 7) is 1.06. The lowest BCUT2D eigenvalue weighted by Gasteiger charge is -2.17. The summed E-state index contributed by atoms with van der Waals surface area (Å²) in [4.78, 5) is 0. The molecule has 5 rings (SSSR count). The Bertz CT molecular complexity index is 1090. The van der Waals surface area contributed by atoms with Crippen LogP contribution in [0.1, 0.15) is 6.42 Å². The fourth-order valence-electron chi connectivity index (χ4n) is 3.74. The minimum atomic E-state index is -0.289. The molecule has 27 heavy (non-hydrogen) atoms. The molecule has 4 heteroatoms. The number of ether oxygens (including phenoxy) is 2. The topological polar surface area (TPSA) is 18.5 Å². The molecule has 1 aliphatic rings. The van der Waals surface area contributed by atoms with E-state index >= 15 is 0 Å². The van der Waals surface area contributed by atoms with Gasteiger partial charge in [0.25, 0.3) is 0 Å². The molecule has 4 aromatic rings. The van der Waals surface area contributed by atoms with Gasteiger partial charge in [-0.25, -0.2) is 8.78 Å². The first kappa shape index (κ1) is 16.1. The van der Waals surface area contributed by atoms with Crippen molar-refractivity contribution >= 4 is 21.5 Å². The van der Waals surface area contributed by atoms with Gasteiger partial charge < -0.3 is 9.47 Å². The summed E-state index contributed by atoms with van der Waals surface area (Å²) >= 11 is 0. The number of halogens is 2. The number of fused-ring (bicyclic) bond motifs is 7. The van der Waals surface area contributed by atoms with Crippen LogP contribution in [0.15, 0.2) is 60.7 Å².